The molecule has 0 aliphatic rings. The summed E-state index contributed by atoms with van der Waals surface area (Å²) >= 11 is 5.81. The Morgan fingerprint density at radius 1 is 1.41 bits per heavy atom. The normalized spacial score (nSPS) is 11.3. The number of aromatic nitrogens is 3. The summed E-state index contributed by atoms with van der Waals surface area (Å²) in [4.78, 5) is 10.5. The second-order valence-electron chi connectivity index (χ2n) is 6.36. The number of halogens is 2. The van der Waals surface area contributed by atoms with Gasteiger partial charge in [-0.15, -0.1) is 24.0 Å². The van der Waals surface area contributed by atoms with Gasteiger partial charge in [0.25, 0.3) is 0 Å². The van der Waals surface area contributed by atoms with Gasteiger partial charge in [0.1, 0.15) is 6.61 Å². The lowest BCUT2D eigenvalue weighted by Gasteiger charge is -2.22. The van der Waals surface area contributed by atoms with Crippen molar-refractivity contribution in [2.24, 2.45) is 12.0 Å². The molecule has 0 aliphatic heterocycles. The predicted molar refractivity (Wildman–Crippen MR) is 120 cm³/mol. The molecule has 0 aliphatic carbocycles. The lowest BCUT2D eigenvalue weighted by Crippen LogP contribution is -2.40. The van der Waals surface area contributed by atoms with Crippen LogP contribution in [0, 0.1) is 0 Å². The van der Waals surface area contributed by atoms with Crippen LogP contribution in [0.15, 0.2) is 29.5 Å². The Kier molecular flexibility index (Phi) is 9.86. The van der Waals surface area contributed by atoms with Gasteiger partial charge in [0, 0.05) is 51.7 Å². The Hall–Kier alpha value is -1.55. The third kappa shape index (κ3) is 7.17. The highest BCUT2D eigenvalue weighted by Crippen LogP contribution is 2.18. The minimum atomic E-state index is 0. The Balaban J connectivity index is 0.00000364. The number of aliphatic imine (C=N–C) groups is 1. The summed E-state index contributed by atoms with van der Waals surface area (Å²) in [6.45, 7) is 6.14. The summed E-state index contributed by atoms with van der Waals surface area (Å²) in [7, 11) is 5.73. The molecule has 150 valence electrons. The molecule has 0 aromatic carbocycles. The van der Waals surface area contributed by atoms with Crippen LogP contribution >= 0.6 is 35.6 Å². The average Bonchev–Trinajstić information content (AvgIpc) is 2.97. The molecule has 2 aromatic heterocycles. The Bertz CT molecular complexity index is 732. The van der Waals surface area contributed by atoms with E-state index in [4.69, 9.17) is 16.3 Å². The van der Waals surface area contributed by atoms with Gasteiger partial charge in [-0.3, -0.25) is 9.67 Å². The standard InChI is InChI=1S/C18H27ClN6O.HI/c1-13(2)17-14(12-25(5)23-17)11-24(4)18(20-3)21-8-9-26-16-7-6-15(19)10-22-16;/h6-7,10,12-13H,8-9,11H2,1-5H3,(H,20,21);1H. The van der Waals surface area contributed by atoms with Crippen LogP contribution in [-0.4, -0.2) is 52.9 Å². The van der Waals surface area contributed by atoms with E-state index in [1.165, 1.54) is 5.56 Å². The van der Waals surface area contributed by atoms with E-state index in [0.717, 1.165) is 18.2 Å². The van der Waals surface area contributed by atoms with Gasteiger partial charge < -0.3 is 15.0 Å². The van der Waals surface area contributed by atoms with Gasteiger partial charge in [0.15, 0.2) is 5.96 Å². The van der Waals surface area contributed by atoms with E-state index >= 15 is 0 Å². The zero-order valence-corrected chi connectivity index (χ0v) is 19.5. The Morgan fingerprint density at radius 3 is 2.74 bits per heavy atom. The number of hydrogen-bond acceptors (Lipinski definition) is 4. The van der Waals surface area contributed by atoms with E-state index in [-0.39, 0.29) is 24.0 Å². The molecule has 0 spiro atoms. The third-order valence-electron chi connectivity index (χ3n) is 3.80. The highest BCUT2D eigenvalue weighted by molar-refractivity contribution is 14.0. The molecule has 0 saturated heterocycles. The van der Waals surface area contributed by atoms with E-state index in [0.29, 0.717) is 30.0 Å². The summed E-state index contributed by atoms with van der Waals surface area (Å²) in [6.07, 6.45) is 3.63. The monoisotopic (exact) mass is 506 g/mol. The molecule has 2 aromatic rings. The number of nitrogens with one attached hydrogen (secondary N) is 1. The van der Waals surface area contributed by atoms with Crippen molar-refractivity contribution in [1.82, 2.24) is 25.0 Å². The molecule has 0 atom stereocenters. The van der Waals surface area contributed by atoms with E-state index < -0.39 is 0 Å². The number of guanidine groups is 1. The molecule has 0 amide bonds. The average molecular weight is 507 g/mol. The van der Waals surface area contributed by atoms with Gasteiger partial charge in [-0.05, 0) is 12.0 Å². The first-order chi connectivity index (χ1) is 12.4. The van der Waals surface area contributed by atoms with E-state index in [1.807, 2.05) is 18.8 Å². The van der Waals surface area contributed by atoms with Crippen molar-refractivity contribution in [3.05, 3.63) is 40.8 Å². The highest BCUT2D eigenvalue weighted by atomic mass is 127. The van der Waals surface area contributed by atoms with Crippen LogP contribution in [-0.2, 0) is 13.6 Å². The van der Waals surface area contributed by atoms with Crippen LogP contribution in [0.25, 0.3) is 0 Å². The number of nitrogens with zero attached hydrogens (tertiary/aromatic N) is 5. The number of rotatable bonds is 7. The highest BCUT2D eigenvalue weighted by Gasteiger charge is 2.15. The van der Waals surface area contributed by atoms with Gasteiger partial charge in [0.2, 0.25) is 5.88 Å². The number of ether oxygens (including phenoxy) is 1. The lowest BCUT2D eigenvalue weighted by atomic mass is 10.1. The summed E-state index contributed by atoms with van der Waals surface area (Å²) in [5, 5.41) is 8.44. The summed E-state index contributed by atoms with van der Waals surface area (Å²) in [5.74, 6) is 1.74. The van der Waals surface area contributed by atoms with Gasteiger partial charge in [0.05, 0.1) is 17.3 Å². The van der Waals surface area contributed by atoms with Crippen LogP contribution in [0.5, 0.6) is 5.88 Å². The fourth-order valence-electron chi connectivity index (χ4n) is 2.64. The first-order valence-electron chi connectivity index (χ1n) is 8.59. The molecule has 9 heteroatoms. The first-order valence-corrected chi connectivity index (χ1v) is 8.97. The molecular weight excluding hydrogens is 479 g/mol. The smallest absolute Gasteiger partial charge is 0.213 e. The van der Waals surface area contributed by atoms with Gasteiger partial charge in [-0.1, -0.05) is 25.4 Å². The second kappa shape index (κ2) is 11.3. The van der Waals surface area contributed by atoms with Crippen molar-refractivity contribution >= 4 is 41.5 Å². The Morgan fingerprint density at radius 2 is 2.15 bits per heavy atom. The van der Waals surface area contributed by atoms with Crippen molar-refractivity contribution in [3.8, 4) is 5.88 Å². The molecule has 27 heavy (non-hydrogen) atoms. The largest absolute Gasteiger partial charge is 0.476 e. The second-order valence-corrected chi connectivity index (χ2v) is 6.80. The molecule has 0 unspecified atom stereocenters. The van der Waals surface area contributed by atoms with Gasteiger partial charge >= 0.3 is 0 Å². The molecule has 0 saturated carbocycles. The quantitative estimate of drug-likeness (QED) is 0.270. The molecule has 0 fully saturated rings. The maximum absolute atomic E-state index is 5.81. The van der Waals surface area contributed by atoms with Crippen LogP contribution in [0.3, 0.4) is 0 Å². The molecule has 0 radical (unpaired) electrons. The van der Waals surface area contributed by atoms with Crippen LogP contribution in [0.4, 0.5) is 0 Å². The van der Waals surface area contributed by atoms with E-state index in [9.17, 15) is 0 Å². The van der Waals surface area contributed by atoms with Crippen molar-refractivity contribution in [2.45, 2.75) is 26.3 Å². The van der Waals surface area contributed by atoms with Crippen LogP contribution < -0.4 is 10.1 Å². The fraction of sp³-hybridized carbons (Fsp3) is 0.500. The SMILES string of the molecule is CN=C(NCCOc1ccc(Cl)cn1)N(C)Cc1cn(C)nc1C(C)C.I. The van der Waals surface area contributed by atoms with E-state index in [1.54, 1.807) is 25.4 Å². The number of pyridine rings is 1. The van der Waals surface area contributed by atoms with Gasteiger partial charge in [-0.2, -0.15) is 5.10 Å². The van der Waals surface area contributed by atoms with Crippen LogP contribution in [0.2, 0.25) is 5.02 Å². The predicted octanol–water partition coefficient (Wildman–Crippen LogP) is 3.30. The molecule has 2 rings (SSSR count). The third-order valence-corrected chi connectivity index (χ3v) is 4.02. The van der Waals surface area contributed by atoms with Crippen molar-refractivity contribution < 1.29 is 4.74 Å². The molecule has 1 N–H and O–H groups in total. The van der Waals surface area contributed by atoms with E-state index in [2.05, 4.69) is 45.3 Å². The minimum Gasteiger partial charge on any atom is -0.476 e. The van der Waals surface area contributed by atoms with Crippen molar-refractivity contribution in [3.63, 3.8) is 0 Å². The zero-order chi connectivity index (χ0) is 19.1. The molecule has 0 bridgehead atoms. The summed E-state index contributed by atoms with van der Waals surface area (Å²) < 4.78 is 7.45. The van der Waals surface area contributed by atoms with Crippen molar-refractivity contribution in [2.75, 3.05) is 27.2 Å². The topological polar surface area (TPSA) is 67.6 Å². The van der Waals surface area contributed by atoms with Crippen LogP contribution in [0.1, 0.15) is 31.0 Å². The molecular formula is C18H28ClIN6O. The summed E-state index contributed by atoms with van der Waals surface area (Å²) in [6, 6.07) is 3.50. The maximum Gasteiger partial charge on any atom is 0.213 e. The summed E-state index contributed by atoms with van der Waals surface area (Å²) in [5.41, 5.74) is 2.32. The number of aryl methyl sites for hydroxylation is 1. The lowest BCUT2D eigenvalue weighted by molar-refractivity contribution is 0.307. The number of hydrogen-bond donors (Lipinski definition) is 1. The maximum atomic E-state index is 5.81. The van der Waals surface area contributed by atoms with Crippen molar-refractivity contribution in [1.29, 1.82) is 0 Å². The molecule has 7 nitrogen and oxygen atoms in total. The molecule has 2 heterocycles. The fourth-order valence-corrected chi connectivity index (χ4v) is 2.76. The van der Waals surface area contributed by atoms with Gasteiger partial charge in [-0.25, -0.2) is 4.98 Å². The zero-order valence-electron chi connectivity index (χ0n) is 16.4. The Labute approximate surface area is 183 Å². The first kappa shape index (κ1) is 23.5. The minimum absolute atomic E-state index is 0.